The predicted molar refractivity (Wildman–Crippen MR) is 115 cm³/mol. The Morgan fingerprint density at radius 1 is 0.571 bits per heavy atom. The first-order chi connectivity index (χ1) is 13.4. The fourth-order valence-corrected chi connectivity index (χ4v) is 5.33. The number of pyridine rings is 1. The largest absolute Gasteiger partial charge is 0.248 e. The minimum atomic E-state index is -0.670. The van der Waals surface area contributed by atoms with Gasteiger partial charge in [0.05, 0.1) is 0 Å². The summed E-state index contributed by atoms with van der Waals surface area (Å²) in [4.78, 5) is 4.32. The third-order valence-corrected chi connectivity index (χ3v) is 6.66. The van der Waals surface area contributed by atoms with E-state index in [9.17, 15) is 0 Å². The van der Waals surface area contributed by atoms with Crippen LogP contribution in [0.15, 0.2) is 109 Å². The maximum Gasteiger partial charge on any atom is 0.113 e. The summed E-state index contributed by atoms with van der Waals surface area (Å²) in [6.45, 7) is 0. The molecule has 0 saturated heterocycles. The second kappa shape index (κ2) is 10.2. The van der Waals surface area contributed by atoms with E-state index in [-0.39, 0.29) is 22.4 Å². The van der Waals surface area contributed by atoms with Gasteiger partial charge >= 0.3 is 0 Å². The van der Waals surface area contributed by atoms with Crippen LogP contribution >= 0.6 is 7.92 Å². The van der Waals surface area contributed by atoms with Gasteiger partial charge < -0.3 is 0 Å². The summed E-state index contributed by atoms with van der Waals surface area (Å²) in [6, 6.07) is 35.7. The maximum atomic E-state index is 4.32. The molecular weight excluding hydrogens is 542 g/mol. The van der Waals surface area contributed by atoms with Gasteiger partial charge in [0, 0.05) is 39.4 Å². The van der Waals surface area contributed by atoms with Crippen LogP contribution in [0.5, 0.6) is 0 Å². The molecule has 0 unspecified atom stereocenters. The van der Waals surface area contributed by atoms with Gasteiger partial charge in [0.15, 0.2) is 0 Å². The fraction of sp³-hybridized carbons (Fsp3) is 0. The Labute approximate surface area is 183 Å². The molecule has 0 atom stereocenters. The van der Waals surface area contributed by atoms with Gasteiger partial charge in [-0.25, -0.2) is 4.98 Å². The Morgan fingerprint density at radius 2 is 1.14 bits per heavy atom. The van der Waals surface area contributed by atoms with Gasteiger partial charge in [-0.15, -0.1) is 0 Å². The Balaban J connectivity index is 0.00000225. The number of aromatic nitrogens is 1. The molecule has 28 heavy (non-hydrogen) atoms. The van der Waals surface area contributed by atoms with Gasteiger partial charge in [0.25, 0.3) is 0 Å². The van der Waals surface area contributed by atoms with Crippen molar-refractivity contribution in [3.05, 3.63) is 121 Å². The molecule has 0 amide bonds. The van der Waals surface area contributed by atoms with Crippen LogP contribution < -0.4 is 15.9 Å². The van der Waals surface area contributed by atoms with Crippen molar-refractivity contribution < 1.29 is 22.4 Å². The molecule has 1 aromatic heterocycles. The third kappa shape index (κ3) is 4.87. The van der Waals surface area contributed by atoms with Gasteiger partial charge in [-0.1, -0.05) is 90.8 Å². The molecule has 1 radical (unpaired) electrons. The van der Waals surface area contributed by atoms with Gasteiger partial charge in [-0.2, -0.15) is 0 Å². The van der Waals surface area contributed by atoms with Crippen LogP contribution in [0.3, 0.4) is 0 Å². The predicted octanol–water partition coefficient (Wildman–Crippen LogP) is 4.24. The minimum absolute atomic E-state index is 0. The molecule has 3 heteroatoms. The number of benzene rings is 3. The van der Waals surface area contributed by atoms with E-state index in [0.29, 0.717) is 0 Å². The van der Waals surface area contributed by atoms with Crippen LogP contribution in [0.4, 0.5) is 0 Å². The topological polar surface area (TPSA) is 12.9 Å². The monoisotopic (exact) mass is 560 g/mol. The van der Waals surface area contributed by atoms with Crippen molar-refractivity contribution in [2.24, 2.45) is 0 Å². The Bertz CT molecular complexity index is 1030. The van der Waals surface area contributed by atoms with Gasteiger partial charge in [-0.3, -0.25) is 0 Å². The first-order valence-corrected chi connectivity index (χ1v) is 10.2. The average Bonchev–Trinajstić information content (AvgIpc) is 2.76. The van der Waals surface area contributed by atoms with Gasteiger partial charge in [0.2, 0.25) is 0 Å². The number of hydrogen-bond donors (Lipinski definition) is 0. The molecule has 4 aromatic rings. The molecule has 0 saturated carbocycles. The molecule has 0 bridgehead atoms. The summed E-state index contributed by atoms with van der Waals surface area (Å²) < 4.78 is 0. The number of nitrogens with zero attached hydrogens (tertiary/aromatic N) is 1. The molecule has 0 aliphatic rings. The van der Waals surface area contributed by atoms with E-state index in [1.807, 2.05) is 18.2 Å². The molecule has 0 fully saturated rings. The van der Waals surface area contributed by atoms with Crippen molar-refractivity contribution >= 4 is 23.8 Å². The number of hydrogen-bond acceptors (Lipinski definition) is 1. The van der Waals surface area contributed by atoms with Gasteiger partial charge in [-0.05, 0) is 42.7 Å². The van der Waals surface area contributed by atoms with Crippen LogP contribution in [-0.4, -0.2) is 4.98 Å². The quantitative estimate of drug-likeness (QED) is 0.208. The molecule has 4 rings (SSSR count). The van der Waals surface area contributed by atoms with Crippen LogP contribution in [0.25, 0.3) is 0 Å². The van der Waals surface area contributed by atoms with E-state index in [4.69, 9.17) is 0 Å². The van der Waals surface area contributed by atoms with E-state index in [1.54, 1.807) is 6.20 Å². The molecule has 0 spiro atoms. The van der Waals surface area contributed by atoms with Crippen molar-refractivity contribution in [1.82, 2.24) is 4.98 Å². The molecule has 0 aliphatic carbocycles. The van der Waals surface area contributed by atoms with Crippen molar-refractivity contribution in [3.8, 4) is 11.8 Å². The maximum absolute atomic E-state index is 4.32. The number of rotatable bonds is 3. The smallest absolute Gasteiger partial charge is 0.113 e. The first-order valence-electron chi connectivity index (χ1n) is 8.84. The van der Waals surface area contributed by atoms with Crippen LogP contribution in [-0.2, 0) is 22.4 Å². The SMILES string of the molecule is C(#Cc1ccccc1P(c1ccccc1)c1ccccc1)c1ccccn1.[Au]. The van der Waals surface area contributed by atoms with Crippen LogP contribution in [0.2, 0.25) is 0 Å². The van der Waals surface area contributed by atoms with Crippen LogP contribution in [0.1, 0.15) is 11.3 Å². The van der Waals surface area contributed by atoms with Crippen molar-refractivity contribution in [3.63, 3.8) is 0 Å². The molecule has 0 N–H and O–H groups in total. The average molecular weight is 560 g/mol. The van der Waals surface area contributed by atoms with Crippen molar-refractivity contribution in [2.45, 2.75) is 0 Å². The Kier molecular flexibility index (Phi) is 7.38. The molecule has 1 nitrogen and oxygen atoms in total. The van der Waals surface area contributed by atoms with Crippen LogP contribution in [0, 0.1) is 11.8 Å². The van der Waals surface area contributed by atoms with Gasteiger partial charge in [0.1, 0.15) is 5.69 Å². The minimum Gasteiger partial charge on any atom is -0.248 e. The zero-order chi connectivity index (χ0) is 18.3. The molecule has 0 aliphatic heterocycles. The summed E-state index contributed by atoms with van der Waals surface area (Å²) >= 11 is 0. The normalized spacial score (nSPS) is 9.89. The molecule has 3 aromatic carbocycles. The first kappa shape index (κ1) is 20.3. The molecular formula is C25H18AuNP. The molecule has 139 valence electrons. The summed E-state index contributed by atoms with van der Waals surface area (Å²) in [5.74, 6) is 6.56. The molecule has 1 heterocycles. The van der Waals surface area contributed by atoms with E-state index in [1.165, 1.54) is 15.9 Å². The zero-order valence-corrected chi connectivity index (χ0v) is 18.1. The van der Waals surface area contributed by atoms with E-state index >= 15 is 0 Å². The standard InChI is InChI=1S/C25H18NP.Au/c1-3-13-23(14-4-1)27(24-15-5-2-6-16-24)25-17-8-7-11-21(25)18-19-22-12-9-10-20-26-22;/h1-17,20H;. The zero-order valence-electron chi connectivity index (χ0n) is 15.1. The third-order valence-electron chi connectivity index (χ3n) is 4.16. The van der Waals surface area contributed by atoms with Crippen molar-refractivity contribution in [1.29, 1.82) is 0 Å². The second-order valence-corrected chi connectivity index (χ2v) is 8.17. The van der Waals surface area contributed by atoms with E-state index in [2.05, 4.69) is 102 Å². The summed E-state index contributed by atoms with van der Waals surface area (Å²) in [7, 11) is -0.670. The summed E-state index contributed by atoms with van der Waals surface area (Å²) in [5, 5.41) is 3.92. The van der Waals surface area contributed by atoms with Crippen molar-refractivity contribution in [2.75, 3.05) is 0 Å². The Morgan fingerprint density at radius 3 is 1.75 bits per heavy atom. The summed E-state index contributed by atoms with van der Waals surface area (Å²) in [5.41, 5.74) is 1.85. The van der Waals surface area contributed by atoms with E-state index < -0.39 is 7.92 Å². The van der Waals surface area contributed by atoms with E-state index in [0.717, 1.165) is 11.3 Å². The summed E-state index contributed by atoms with van der Waals surface area (Å²) in [6.07, 6.45) is 1.77. The second-order valence-electron chi connectivity index (χ2n) is 5.99. The fourth-order valence-electron chi connectivity index (χ4n) is 2.92. The Hall–Kier alpha value is -2.46.